The fraction of sp³-hybridized carbons (Fsp3) is 0.647. The molecule has 0 spiro atoms. The topological polar surface area (TPSA) is 39.3 Å². The molecule has 1 saturated heterocycles. The lowest BCUT2D eigenvalue weighted by molar-refractivity contribution is 0.103. The third kappa shape index (κ3) is 7.07. The molecule has 0 bridgehead atoms. The van der Waals surface area contributed by atoms with E-state index >= 15 is 0 Å². The number of halogens is 1. The van der Waals surface area contributed by atoms with Crippen molar-refractivity contribution in [2.75, 3.05) is 52.4 Å². The Morgan fingerprint density at radius 2 is 1.36 bits per heavy atom. The lowest BCUT2D eigenvalue weighted by Crippen LogP contribution is -2.57. The Kier molecular flexibility index (Phi) is 12.5. The summed E-state index contributed by atoms with van der Waals surface area (Å²) in [4.78, 5) is 2.51. The molecule has 0 aromatic rings. The third-order valence-electron chi connectivity index (χ3n) is 4.04. The van der Waals surface area contributed by atoms with E-state index in [1.807, 2.05) is 18.2 Å². The monoisotopic (exact) mass is 328 g/mol. The van der Waals surface area contributed by atoms with E-state index in [1.54, 1.807) is 0 Å². The number of nitrogens with one attached hydrogen (secondary N) is 3. The SMILES string of the molecule is C=CCN1CCNCCNCCNCC1(CC=C)CC=C.Cl. The van der Waals surface area contributed by atoms with Crippen molar-refractivity contribution in [3.05, 3.63) is 38.0 Å². The predicted octanol–water partition coefficient (Wildman–Crippen LogP) is 1.57. The Morgan fingerprint density at radius 1 is 0.818 bits per heavy atom. The molecule has 0 amide bonds. The molecule has 1 rings (SSSR count). The summed E-state index contributed by atoms with van der Waals surface area (Å²) in [5.41, 5.74) is 0.0402. The van der Waals surface area contributed by atoms with Gasteiger partial charge in [0.25, 0.3) is 0 Å². The maximum atomic E-state index is 3.96. The van der Waals surface area contributed by atoms with Gasteiger partial charge in [0.05, 0.1) is 0 Å². The minimum atomic E-state index is 0. The van der Waals surface area contributed by atoms with E-state index in [1.165, 1.54) is 0 Å². The predicted molar refractivity (Wildman–Crippen MR) is 100.0 cm³/mol. The van der Waals surface area contributed by atoms with Gasteiger partial charge in [-0.05, 0) is 12.8 Å². The maximum Gasteiger partial charge on any atom is 0.0406 e. The summed E-state index contributed by atoms with van der Waals surface area (Å²) in [6.07, 6.45) is 7.95. The second-order valence-electron chi connectivity index (χ2n) is 5.62. The van der Waals surface area contributed by atoms with E-state index in [4.69, 9.17) is 0 Å². The van der Waals surface area contributed by atoms with E-state index in [2.05, 4.69) is 40.6 Å². The highest BCUT2D eigenvalue weighted by atomic mass is 35.5. The fourth-order valence-electron chi connectivity index (χ4n) is 2.95. The zero-order valence-electron chi connectivity index (χ0n) is 13.8. The zero-order valence-corrected chi connectivity index (χ0v) is 14.6. The summed E-state index contributed by atoms with van der Waals surface area (Å²) in [6.45, 7) is 19.7. The normalized spacial score (nSPS) is 20.7. The van der Waals surface area contributed by atoms with E-state index in [0.717, 1.165) is 65.2 Å². The molecule has 1 aliphatic rings. The molecule has 22 heavy (non-hydrogen) atoms. The summed E-state index contributed by atoms with van der Waals surface area (Å²) in [7, 11) is 0. The molecule has 0 saturated carbocycles. The Morgan fingerprint density at radius 3 is 1.91 bits per heavy atom. The summed E-state index contributed by atoms with van der Waals surface area (Å²) in [5.74, 6) is 0. The van der Waals surface area contributed by atoms with Crippen molar-refractivity contribution >= 4 is 12.4 Å². The van der Waals surface area contributed by atoms with Gasteiger partial charge in [0.1, 0.15) is 0 Å². The van der Waals surface area contributed by atoms with Gasteiger partial charge in [-0.25, -0.2) is 0 Å². The molecular weight excluding hydrogens is 296 g/mol. The number of hydrogen-bond acceptors (Lipinski definition) is 4. The third-order valence-corrected chi connectivity index (χ3v) is 4.04. The molecule has 0 atom stereocenters. The highest BCUT2D eigenvalue weighted by Gasteiger charge is 2.33. The van der Waals surface area contributed by atoms with Gasteiger partial charge in [-0.1, -0.05) is 18.2 Å². The van der Waals surface area contributed by atoms with Crippen LogP contribution in [0, 0.1) is 0 Å². The van der Waals surface area contributed by atoms with Gasteiger partial charge in [0, 0.05) is 57.9 Å². The molecule has 1 aliphatic heterocycles. The Bertz CT molecular complexity index is 310. The molecule has 1 heterocycles. The highest BCUT2D eigenvalue weighted by molar-refractivity contribution is 5.85. The van der Waals surface area contributed by atoms with Crippen LogP contribution in [-0.2, 0) is 0 Å². The molecule has 1 fully saturated rings. The molecular formula is C17H33ClN4. The summed E-state index contributed by atoms with van der Waals surface area (Å²) in [6, 6.07) is 0. The first-order valence-electron chi connectivity index (χ1n) is 7.99. The average molecular weight is 329 g/mol. The van der Waals surface area contributed by atoms with Crippen LogP contribution in [0.5, 0.6) is 0 Å². The molecule has 3 N–H and O–H groups in total. The quantitative estimate of drug-likeness (QED) is 0.647. The molecule has 5 heteroatoms. The van der Waals surface area contributed by atoms with Crippen LogP contribution in [0.4, 0.5) is 0 Å². The number of hydrogen-bond donors (Lipinski definition) is 3. The van der Waals surface area contributed by atoms with Crippen LogP contribution in [0.3, 0.4) is 0 Å². The molecule has 128 valence electrons. The minimum Gasteiger partial charge on any atom is -0.314 e. The van der Waals surface area contributed by atoms with Gasteiger partial charge >= 0.3 is 0 Å². The number of rotatable bonds is 6. The van der Waals surface area contributed by atoms with Gasteiger partial charge in [0.2, 0.25) is 0 Å². The van der Waals surface area contributed by atoms with Gasteiger partial charge in [-0.2, -0.15) is 0 Å². The maximum absolute atomic E-state index is 3.96. The summed E-state index contributed by atoms with van der Waals surface area (Å²) >= 11 is 0. The van der Waals surface area contributed by atoms with Crippen LogP contribution in [0.1, 0.15) is 12.8 Å². The standard InChI is InChI=1S/C17H32N4.ClH/c1-4-7-17(8-5-2)16-20-12-11-18-9-10-19-13-15-21(17)14-6-3;/h4-6,18-20H,1-3,7-16H2;1H. The van der Waals surface area contributed by atoms with E-state index in [0.29, 0.717) is 0 Å². The molecule has 0 aromatic carbocycles. The largest absolute Gasteiger partial charge is 0.314 e. The number of nitrogens with zero attached hydrogens (tertiary/aromatic N) is 1. The van der Waals surface area contributed by atoms with E-state index in [9.17, 15) is 0 Å². The first kappa shape index (κ1) is 21.4. The van der Waals surface area contributed by atoms with E-state index < -0.39 is 0 Å². The Labute approximate surface area is 142 Å². The minimum absolute atomic E-state index is 0. The van der Waals surface area contributed by atoms with Crippen molar-refractivity contribution in [1.82, 2.24) is 20.9 Å². The van der Waals surface area contributed by atoms with Crippen LogP contribution in [0.2, 0.25) is 0 Å². The zero-order chi connectivity index (χ0) is 15.4. The lowest BCUT2D eigenvalue weighted by Gasteiger charge is -2.43. The fourth-order valence-corrected chi connectivity index (χ4v) is 2.95. The second kappa shape index (κ2) is 12.9. The van der Waals surface area contributed by atoms with Crippen molar-refractivity contribution < 1.29 is 0 Å². The van der Waals surface area contributed by atoms with Crippen LogP contribution < -0.4 is 16.0 Å². The van der Waals surface area contributed by atoms with E-state index in [-0.39, 0.29) is 17.9 Å². The smallest absolute Gasteiger partial charge is 0.0406 e. The van der Waals surface area contributed by atoms with Crippen molar-refractivity contribution in [3.8, 4) is 0 Å². The van der Waals surface area contributed by atoms with Crippen molar-refractivity contribution in [1.29, 1.82) is 0 Å². The average Bonchev–Trinajstić information content (AvgIpc) is 2.47. The first-order valence-corrected chi connectivity index (χ1v) is 7.99. The molecule has 4 nitrogen and oxygen atoms in total. The van der Waals surface area contributed by atoms with Crippen molar-refractivity contribution in [3.63, 3.8) is 0 Å². The van der Waals surface area contributed by atoms with Crippen LogP contribution in [0.15, 0.2) is 38.0 Å². The second-order valence-corrected chi connectivity index (χ2v) is 5.62. The van der Waals surface area contributed by atoms with Crippen LogP contribution in [-0.4, -0.2) is 62.8 Å². The van der Waals surface area contributed by atoms with Crippen molar-refractivity contribution in [2.24, 2.45) is 0 Å². The van der Waals surface area contributed by atoms with Gasteiger partial charge in [-0.3, -0.25) is 4.90 Å². The first-order chi connectivity index (χ1) is 10.3. The summed E-state index contributed by atoms with van der Waals surface area (Å²) in [5, 5.41) is 10.5. The molecule has 0 aliphatic carbocycles. The molecule has 0 unspecified atom stereocenters. The molecule has 0 radical (unpaired) electrons. The van der Waals surface area contributed by atoms with Gasteiger partial charge < -0.3 is 16.0 Å². The highest BCUT2D eigenvalue weighted by Crippen LogP contribution is 2.25. The van der Waals surface area contributed by atoms with Crippen LogP contribution in [0.25, 0.3) is 0 Å². The summed E-state index contributed by atoms with van der Waals surface area (Å²) < 4.78 is 0. The lowest BCUT2D eigenvalue weighted by atomic mass is 9.88. The van der Waals surface area contributed by atoms with Crippen LogP contribution >= 0.6 is 12.4 Å². The Hall–Kier alpha value is -0.650. The van der Waals surface area contributed by atoms with Crippen molar-refractivity contribution in [2.45, 2.75) is 18.4 Å². The van der Waals surface area contributed by atoms with Gasteiger partial charge in [0.15, 0.2) is 0 Å². The van der Waals surface area contributed by atoms with Gasteiger partial charge in [-0.15, -0.1) is 32.1 Å². The Balaban J connectivity index is 0.00000441. The molecule has 0 aromatic heterocycles.